The molecular weight excluding hydrogens is 212 g/mol. The van der Waals surface area contributed by atoms with Crippen molar-refractivity contribution in [2.45, 2.75) is 18.6 Å². The molecule has 1 aromatic carbocycles. The third-order valence-electron chi connectivity index (χ3n) is 1.65. The van der Waals surface area contributed by atoms with Crippen molar-refractivity contribution in [3.05, 3.63) is 30.3 Å². The minimum absolute atomic E-state index is 0.486. The fourth-order valence-corrected chi connectivity index (χ4v) is 0.731. The van der Waals surface area contributed by atoms with Gasteiger partial charge in [0.15, 0.2) is 0 Å². The quantitative estimate of drug-likeness (QED) is 0.781. The van der Waals surface area contributed by atoms with Gasteiger partial charge in [-0.3, -0.25) is 4.79 Å². The van der Waals surface area contributed by atoms with Crippen LogP contribution in [0.2, 0.25) is 0 Å². The first-order valence-corrected chi connectivity index (χ1v) is 5.13. The lowest BCUT2D eigenvalue weighted by Gasteiger charge is -1.95. The molecule has 15 heavy (non-hydrogen) atoms. The van der Waals surface area contributed by atoms with E-state index in [4.69, 9.17) is 9.84 Å². The van der Waals surface area contributed by atoms with Crippen molar-refractivity contribution in [3.63, 3.8) is 0 Å². The molecule has 0 aliphatic rings. The lowest BCUT2D eigenvalue weighted by atomic mass is 10.3. The third-order valence-corrected chi connectivity index (χ3v) is 2.24. The molecule has 1 atom stereocenters. The average Bonchev–Trinajstić information content (AvgIpc) is 2.29. The summed E-state index contributed by atoms with van der Waals surface area (Å²) in [5.74, 6) is 0.0679. The van der Waals surface area contributed by atoms with Crippen molar-refractivity contribution in [2.75, 3.05) is 7.11 Å². The number of aliphatic carboxylic acids is 1. The number of para-hydroxylation sites is 1. The van der Waals surface area contributed by atoms with Gasteiger partial charge in [0, 0.05) is 0 Å². The summed E-state index contributed by atoms with van der Waals surface area (Å²) in [5.41, 5.74) is 0. The average molecular weight is 228 g/mol. The van der Waals surface area contributed by atoms with Crippen molar-refractivity contribution < 1.29 is 14.6 Å². The van der Waals surface area contributed by atoms with Gasteiger partial charge in [-0.1, -0.05) is 25.1 Å². The standard InChI is InChI=1S/C7H8O.C4H8O2S/c1-8-7-5-3-2-4-6-7;1-2-3(7)4(5)6/h2-6H,1H3;3,7H,2H2,1H3,(H,5,6). The Hall–Kier alpha value is -1.16. The van der Waals surface area contributed by atoms with Crippen molar-refractivity contribution in [1.82, 2.24) is 0 Å². The van der Waals surface area contributed by atoms with Crippen LogP contribution in [0.25, 0.3) is 0 Å². The Morgan fingerprint density at radius 2 is 2.00 bits per heavy atom. The van der Waals surface area contributed by atoms with Crippen molar-refractivity contribution in [2.24, 2.45) is 0 Å². The zero-order valence-corrected chi connectivity index (χ0v) is 9.78. The van der Waals surface area contributed by atoms with Crippen LogP contribution < -0.4 is 4.74 Å². The van der Waals surface area contributed by atoms with Gasteiger partial charge in [0.05, 0.1) is 12.4 Å². The second kappa shape index (κ2) is 8.17. The lowest BCUT2D eigenvalue weighted by molar-refractivity contribution is -0.136. The number of carbonyl (C=O) groups is 1. The Balaban J connectivity index is 0.000000265. The van der Waals surface area contributed by atoms with E-state index in [1.807, 2.05) is 30.3 Å². The van der Waals surface area contributed by atoms with Gasteiger partial charge in [-0.2, -0.15) is 12.6 Å². The number of rotatable bonds is 3. The van der Waals surface area contributed by atoms with E-state index in [9.17, 15) is 4.79 Å². The molecule has 0 aromatic heterocycles. The maximum atomic E-state index is 9.85. The molecule has 84 valence electrons. The number of benzene rings is 1. The summed E-state index contributed by atoms with van der Waals surface area (Å²) in [4.78, 5) is 9.85. The summed E-state index contributed by atoms with van der Waals surface area (Å²) in [7, 11) is 1.66. The topological polar surface area (TPSA) is 46.5 Å². The van der Waals surface area contributed by atoms with Gasteiger partial charge in [0.1, 0.15) is 5.75 Å². The third kappa shape index (κ3) is 6.85. The number of carboxylic acid groups (broad SMARTS) is 1. The van der Waals surface area contributed by atoms with Crippen LogP contribution in [-0.2, 0) is 4.79 Å². The van der Waals surface area contributed by atoms with Crippen molar-refractivity contribution in [3.8, 4) is 5.75 Å². The molecule has 1 rings (SSSR count). The Morgan fingerprint density at radius 3 is 2.20 bits per heavy atom. The minimum atomic E-state index is -0.842. The van der Waals surface area contributed by atoms with E-state index in [0.717, 1.165) is 5.75 Å². The zero-order valence-electron chi connectivity index (χ0n) is 8.88. The molecule has 0 amide bonds. The molecule has 0 saturated carbocycles. The van der Waals surface area contributed by atoms with Gasteiger partial charge < -0.3 is 9.84 Å². The fourth-order valence-electron chi connectivity index (χ4n) is 0.731. The zero-order chi connectivity index (χ0) is 11.7. The number of thiol groups is 1. The molecule has 1 N–H and O–H groups in total. The Kier molecular flexibility index (Phi) is 7.54. The largest absolute Gasteiger partial charge is 0.497 e. The first kappa shape index (κ1) is 13.8. The predicted molar refractivity (Wildman–Crippen MR) is 63.7 cm³/mol. The number of ether oxygens (including phenoxy) is 1. The smallest absolute Gasteiger partial charge is 0.316 e. The molecule has 0 aliphatic carbocycles. The van der Waals surface area contributed by atoms with Crippen LogP contribution in [0.3, 0.4) is 0 Å². The lowest BCUT2D eigenvalue weighted by Crippen LogP contribution is -2.10. The molecule has 0 radical (unpaired) electrons. The molecule has 4 heteroatoms. The summed E-state index contributed by atoms with van der Waals surface area (Å²) in [6.45, 7) is 1.78. The summed E-state index contributed by atoms with van der Waals surface area (Å²) >= 11 is 3.73. The molecule has 0 heterocycles. The van der Waals surface area contributed by atoms with Gasteiger partial charge >= 0.3 is 5.97 Å². The van der Waals surface area contributed by atoms with Crippen LogP contribution in [0.5, 0.6) is 5.75 Å². The van der Waals surface area contributed by atoms with Crippen LogP contribution in [0, 0.1) is 0 Å². The van der Waals surface area contributed by atoms with Gasteiger partial charge in [-0.25, -0.2) is 0 Å². The van der Waals surface area contributed by atoms with E-state index in [2.05, 4.69) is 12.6 Å². The molecule has 0 bridgehead atoms. The number of carboxylic acids is 1. The van der Waals surface area contributed by atoms with E-state index >= 15 is 0 Å². The van der Waals surface area contributed by atoms with Gasteiger partial charge in [0.25, 0.3) is 0 Å². The Morgan fingerprint density at radius 1 is 1.47 bits per heavy atom. The van der Waals surface area contributed by atoms with E-state index in [1.165, 1.54) is 0 Å². The fraction of sp³-hybridized carbons (Fsp3) is 0.364. The van der Waals surface area contributed by atoms with E-state index < -0.39 is 11.2 Å². The molecule has 0 fully saturated rings. The van der Waals surface area contributed by atoms with Crippen LogP contribution >= 0.6 is 12.6 Å². The SMILES string of the molecule is CCC(S)C(=O)O.COc1ccccc1. The van der Waals surface area contributed by atoms with E-state index in [0.29, 0.717) is 6.42 Å². The van der Waals surface area contributed by atoms with E-state index in [-0.39, 0.29) is 0 Å². The highest BCUT2D eigenvalue weighted by Crippen LogP contribution is 2.05. The molecule has 0 aliphatic heterocycles. The van der Waals surface area contributed by atoms with Crippen LogP contribution in [0.1, 0.15) is 13.3 Å². The molecule has 3 nitrogen and oxygen atoms in total. The molecule has 1 aromatic rings. The maximum Gasteiger partial charge on any atom is 0.316 e. The number of methoxy groups -OCH3 is 1. The monoisotopic (exact) mass is 228 g/mol. The van der Waals surface area contributed by atoms with Gasteiger partial charge in [-0.05, 0) is 18.6 Å². The number of hydrogen-bond acceptors (Lipinski definition) is 3. The highest BCUT2D eigenvalue weighted by Gasteiger charge is 2.06. The Labute approximate surface area is 95.5 Å². The molecular formula is C11H16O3S. The van der Waals surface area contributed by atoms with Gasteiger partial charge in [-0.15, -0.1) is 0 Å². The Bertz CT molecular complexity index is 274. The van der Waals surface area contributed by atoms with E-state index in [1.54, 1.807) is 14.0 Å². The summed E-state index contributed by atoms with van der Waals surface area (Å²) in [6, 6.07) is 9.68. The van der Waals surface area contributed by atoms with Crippen LogP contribution in [-0.4, -0.2) is 23.4 Å². The number of hydrogen-bond donors (Lipinski definition) is 2. The first-order valence-electron chi connectivity index (χ1n) is 4.61. The summed E-state index contributed by atoms with van der Waals surface area (Å²) < 4.78 is 4.91. The highest BCUT2D eigenvalue weighted by molar-refractivity contribution is 7.81. The second-order valence-corrected chi connectivity index (χ2v) is 3.40. The maximum absolute atomic E-state index is 9.85. The highest BCUT2D eigenvalue weighted by atomic mass is 32.1. The predicted octanol–water partition coefficient (Wildman–Crippen LogP) is 2.47. The summed E-state index contributed by atoms with van der Waals surface area (Å²) in [6.07, 6.45) is 0.582. The van der Waals surface area contributed by atoms with Crippen LogP contribution in [0.4, 0.5) is 0 Å². The molecule has 1 unspecified atom stereocenters. The normalized spacial score (nSPS) is 10.9. The first-order chi connectivity index (χ1) is 7.11. The van der Waals surface area contributed by atoms with Crippen molar-refractivity contribution >= 4 is 18.6 Å². The molecule has 0 spiro atoms. The minimum Gasteiger partial charge on any atom is -0.497 e. The van der Waals surface area contributed by atoms with Gasteiger partial charge in [0.2, 0.25) is 0 Å². The van der Waals surface area contributed by atoms with Crippen LogP contribution in [0.15, 0.2) is 30.3 Å². The van der Waals surface area contributed by atoms with Crippen molar-refractivity contribution in [1.29, 1.82) is 0 Å². The second-order valence-electron chi connectivity index (χ2n) is 2.78. The summed E-state index contributed by atoms with van der Waals surface area (Å²) in [5, 5.41) is 7.62. The molecule has 0 saturated heterocycles.